The number of hydrogen-bond donors (Lipinski definition) is 2. The van der Waals surface area contributed by atoms with E-state index in [9.17, 15) is 0 Å². The second-order valence-electron chi connectivity index (χ2n) is 6.03. The number of hydrogen-bond acceptors (Lipinski definition) is 3. The van der Waals surface area contributed by atoms with Crippen LogP contribution in [0.5, 0.6) is 0 Å². The van der Waals surface area contributed by atoms with Crippen LogP contribution in [0.3, 0.4) is 0 Å². The molecule has 1 unspecified atom stereocenters. The van der Waals surface area contributed by atoms with Crippen LogP contribution >= 0.6 is 24.0 Å². The molecular formula is C15H33IN4O. The Bertz CT molecular complexity index is 283. The molecule has 1 saturated heterocycles. The Labute approximate surface area is 147 Å². The van der Waals surface area contributed by atoms with E-state index < -0.39 is 0 Å². The van der Waals surface area contributed by atoms with Crippen molar-refractivity contribution in [2.75, 3.05) is 39.9 Å². The highest BCUT2D eigenvalue weighted by atomic mass is 127. The van der Waals surface area contributed by atoms with E-state index in [1.165, 1.54) is 0 Å². The Kier molecular flexibility index (Phi) is 11.4. The van der Waals surface area contributed by atoms with Gasteiger partial charge in [0.15, 0.2) is 5.96 Å². The van der Waals surface area contributed by atoms with Gasteiger partial charge in [-0.3, -0.25) is 9.89 Å². The molecule has 0 aromatic rings. The number of aliphatic imine (C=N–C) groups is 1. The summed E-state index contributed by atoms with van der Waals surface area (Å²) in [4.78, 5) is 6.75. The largest absolute Gasteiger partial charge is 0.381 e. The van der Waals surface area contributed by atoms with Gasteiger partial charge in [-0.05, 0) is 34.1 Å². The fraction of sp³-hybridized carbons (Fsp3) is 0.933. The molecule has 1 atom stereocenters. The first-order valence-electron chi connectivity index (χ1n) is 7.82. The molecule has 1 heterocycles. The van der Waals surface area contributed by atoms with Crippen molar-refractivity contribution in [2.45, 2.75) is 46.2 Å². The molecule has 126 valence electrons. The number of ether oxygens (including phenoxy) is 1. The van der Waals surface area contributed by atoms with Gasteiger partial charge in [-0.2, -0.15) is 0 Å². The average molecular weight is 412 g/mol. The van der Waals surface area contributed by atoms with Crippen molar-refractivity contribution < 1.29 is 4.74 Å². The maximum Gasteiger partial charge on any atom is 0.191 e. The summed E-state index contributed by atoms with van der Waals surface area (Å²) in [6.07, 6.45) is 1.15. The maximum absolute atomic E-state index is 5.38. The van der Waals surface area contributed by atoms with Gasteiger partial charge < -0.3 is 15.4 Å². The smallest absolute Gasteiger partial charge is 0.191 e. The van der Waals surface area contributed by atoms with Gasteiger partial charge in [0.25, 0.3) is 0 Å². The fourth-order valence-corrected chi connectivity index (χ4v) is 2.62. The van der Waals surface area contributed by atoms with Gasteiger partial charge in [0.05, 0.1) is 6.61 Å². The Morgan fingerprint density at radius 1 is 1.24 bits per heavy atom. The van der Waals surface area contributed by atoms with Crippen molar-refractivity contribution in [3.63, 3.8) is 0 Å². The summed E-state index contributed by atoms with van der Waals surface area (Å²) in [5.41, 5.74) is 0. The topological polar surface area (TPSA) is 48.9 Å². The Morgan fingerprint density at radius 3 is 2.38 bits per heavy atom. The lowest BCUT2D eigenvalue weighted by Gasteiger charge is -2.30. The lowest BCUT2D eigenvalue weighted by Crippen LogP contribution is -2.46. The monoisotopic (exact) mass is 412 g/mol. The first kappa shape index (κ1) is 20.9. The molecule has 6 heteroatoms. The molecule has 2 N–H and O–H groups in total. The van der Waals surface area contributed by atoms with Crippen LogP contribution in [0, 0.1) is 5.92 Å². The van der Waals surface area contributed by atoms with Crippen molar-refractivity contribution in [1.82, 2.24) is 15.5 Å². The summed E-state index contributed by atoms with van der Waals surface area (Å²) >= 11 is 0. The number of nitrogens with zero attached hydrogens (tertiary/aromatic N) is 2. The van der Waals surface area contributed by atoms with Gasteiger partial charge in [0, 0.05) is 51.3 Å². The van der Waals surface area contributed by atoms with E-state index in [2.05, 4.69) is 48.2 Å². The molecule has 0 bridgehead atoms. The lowest BCUT2D eigenvalue weighted by atomic mass is 10.1. The van der Waals surface area contributed by atoms with Crippen molar-refractivity contribution in [3.05, 3.63) is 0 Å². The minimum Gasteiger partial charge on any atom is -0.381 e. The lowest BCUT2D eigenvalue weighted by molar-refractivity contribution is 0.178. The number of nitrogens with one attached hydrogen (secondary N) is 2. The summed E-state index contributed by atoms with van der Waals surface area (Å²) in [5.74, 6) is 1.51. The Balaban J connectivity index is 0.00000400. The predicted molar refractivity (Wildman–Crippen MR) is 101 cm³/mol. The average Bonchev–Trinajstić information content (AvgIpc) is 2.90. The van der Waals surface area contributed by atoms with E-state index in [1.807, 2.05) is 7.05 Å². The number of guanidine groups is 1. The first-order chi connectivity index (χ1) is 9.54. The number of rotatable bonds is 7. The fourth-order valence-electron chi connectivity index (χ4n) is 2.62. The highest BCUT2D eigenvalue weighted by Gasteiger charge is 2.16. The van der Waals surface area contributed by atoms with Crippen LogP contribution in [0.15, 0.2) is 4.99 Å². The zero-order valence-corrected chi connectivity index (χ0v) is 16.5. The first-order valence-corrected chi connectivity index (χ1v) is 7.82. The molecular weight excluding hydrogens is 379 g/mol. The second kappa shape index (κ2) is 11.5. The summed E-state index contributed by atoms with van der Waals surface area (Å²) in [7, 11) is 1.82. The van der Waals surface area contributed by atoms with Crippen molar-refractivity contribution in [2.24, 2.45) is 10.9 Å². The molecule has 21 heavy (non-hydrogen) atoms. The van der Waals surface area contributed by atoms with Crippen LogP contribution in [-0.2, 0) is 4.74 Å². The van der Waals surface area contributed by atoms with Gasteiger partial charge >= 0.3 is 0 Å². The maximum atomic E-state index is 5.38. The zero-order chi connectivity index (χ0) is 15.0. The van der Waals surface area contributed by atoms with Crippen LogP contribution in [-0.4, -0.2) is 62.8 Å². The summed E-state index contributed by atoms with van der Waals surface area (Å²) in [5, 5.41) is 6.77. The van der Waals surface area contributed by atoms with Gasteiger partial charge in [0.2, 0.25) is 0 Å². The van der Waals surface area contributed by atoms with Crippen LogP contribution in [0.4, 0.5) is 0 Å². The van der Waals surface area contributed by atoms with Gasteiger partial charge in [0.1, 0.15) is 0 Å². The molecule has 1 rings (SSSR count). The van der Waals surface area contributed by atoms with Crippen LogP contribution < -0.4 is 10.6 Å². The van der Waals surface area contributed by atoms with Crippen molar-refractivity contribution in [3.8, 4) is 0 Å². The summed E-state index contributed by atoms with van der Waals surface area (Å²) < 4.78 is 5.38. The second-order valence-corrected chi connectivity index (χ2v) is 6.03. The van der Waals surface area contributed by atoms with E-state index in [-0.39, 0.29) is 24.0 Å². The summed E-state index contributed by atoms with van der Waals surface area (Å²) in [6, 6.07) is 1.14. The zero-order valence-electron chi connectivity index (χ0n) is 14.2. The molecule has 0 aromatic heterocycles. The van der Waals surface area contributed by atoms with Crippen LogP contribution in [0.25, 0.3) is 0 Å². The molecule has 1 fully saturated rings. The molecule has 0 radical (unpaired) electrons. The highest BCUT2D eigenvalue weighted by molar-refractivity contribution is 14.0. The Morgan fingerprint density at radius 2 is 1.90 bits per heavy atom. The van der Waals surface area contributed by atoms with E-state index in [0.717, 1.165) is 45.2 Å². The van der Waals surface area contributed by atoms with Crippen molar-refractivity contribution in [1.29, 1.82) is 0 Å². The summed E-state index contributed by atoms with van der Waals surface area (Å²) in [6.45, 7) is 13.6. The van der Waals surface area contributed by atoms with Gasteiger partial charge in [-0.1, -0.05) is 0 Å². The van der Waals surface area contributed by atoms with Crippen molar-refractivity contribution >= 4 is 29.9 Å². The van der Waals surface area contributed by atoms with Gasteiger partial charge in [-0.25, -0.2) is 0 Å². The van der Waals surface area contributed by atoms with Gasteiger partial charge in [-0.15, -0.1) is 24.0 Å². The third kappa shape index (κ3) is 8.21. The Hall–Kier alpha value is -0.0800. The minimum atomic E-state index is 0. The van der Waals surface area contributed by atoms with E-state index in [1.54, 1.807) is 0 Å². The standard InChI is InChI=1S/C15H32N4O.HI/c1-12(2)19(13(3)4)8-7-17-15(16-5)18-10-14-6-9-20-11-14;/h12-14H,6-11H2,1-5H3,(H2,16,17,18);1H. The molecule has 0 aromatic carbocycles. The SMILES string of the molecule is CN=C(NCCN(C(C)C)C(C)C)NCC1CCOC1.I. The molecule has 1 aliphatic heterocycles. The van der Waals surface area contributed by atoms with E-state index in [4.69, 9.17) is 4.74 Å². The van der Waals surface area contributed by atoms with E-state index >= 15 is 0 Å². The quantitative estimate of drug-likeness (QED) is 0.381. The molecule has 0 saturated carbocycles. The predicted octanol–water partition coefficient (Wildman–Crippen LogP) is 1.92. The van der Waals surface area contributed by atoms with E-state index in [0.29, 0.717) is 18.0 Å². The molecule has 0 spiro atoms. The minimum absolute atomic E-state index is 0. The normalized spacial score (nSPS) is 19.2. The molecule has 5 nitrogen and oxygen atoms in total. The third-order valence-electron chi connectivity index (χ3n) is 3.79. The number of halogens is 1. The van der Waals surface area contributed by atoms with Crippen LogP contribution in [0.2, 0.25) is 0 Å². The van der Waals surface area contributed by atoms with Crippen LogP contribution in [0.1, 0.15) is 34.1 Å². The molecule has 0 aliphatic carbocycles. The molecule has 1 aliphatic rings. The highest BCUT2D eigenvalue weighted by Crippen LogP contribution is 2.10. The molecule has 0 amide bonds. The third-order valence-corrected chi connectivity index (χ3v) is 3.79.